The number of benzene rings is 1. The maximum Gasteiger partial charge on any atom is 0.161 e. The van der Waals surface area contributed by atoms with E-state index in [4.69, 9.17) is 9.47 Å². The quantitative estimate of drug-likeness (QED) is 0.821. The van der Waals surface area contributed by atoms with Crippen molar-refractivity contribution in [2.75, 3.05) is 33.4 Å². The molecular formula is C18H21N2O2. The molecule has 1 radical (unpaired) electrons. The lowest BCUT2D eigenvalue weighted by Crippen LogP contribution is -2.25. The van der Waals surface area contributed by atoms with Gasteiger partial charge in [-0.15, -0.1) is 0 Å². The van der Waals surface area contributed by atoms with E-state index >= 15 is 0 Å². The van der Waals surface area contributed by atoms with Gasteiger partial charge in [-0.05, 0) is 56.3 Å². The Bertz CT molecular complexity index is 595. The fourth-order valence-corrected chi connectivity index (χ4v) is 2.72. The van der Waals surface area contributed by atoms with Gasteiger partial charge in [0.1, 0.15) is 6.61 Å². The van der Waals surface area contributed by atoms with E-state index in [1.54, 1.807) is 13.2 Å². The molecular weight excluding hydrogens is 276 g/mol. The lowest BCUT2D eigenvalue weighted by atomic mass is 10.1. The molecule has 0 aliphatic carbocycles. The average molecular weight is 297 g/mol. The van der Waals surface area contributed by atoms with Crippen molar-refractivity contribution in [2.45, 2.75) is 12.8 Å². The first kappa shape index (κ1) is 14.9. The van der Waals surface area contributed by atoms with E-state index in [2.05, 4.69) is 16.1 Å². The fraction of sp³-hybridized carbons (Fsp3) is 0.389. The molecule has 0 saturated carbocycles. The van der Waals surface area contributed by atoms with Crippen LogP contribution in [0.2, 0.25) is 0 Å². The minimum absolute atomic E-state index is 0.688. The van der Waals surface area contributed by atoms with Gasteiger partial charge in [-0.2, -0.15) is 0 Å². The van der Waals surface area contributed by atoms with E-state index in [9.17, 15) is 0 Å². The minimum atomic E-state index is 0.688. The van der Waals surface area contributed by atoms with Gasteiger partial charge in [0, 0.05) is 12.1 Å². The summed E-state index contributed by atoms with van der Waals surface area (Å²) < 4.78 is 11.3. The standard InChI is InChI=1S/C18H21N2O2/c1-21-18-14-15(16-6-2-3-9-19-16)7-8-17(18)22-13-12-20-10-4-5-11-20/h2-3,6-8,14H,4-5,10-13H2,1H3. The van der Waals surface area contributed by atoms with Crippen LogP contribution >= 0.6 is 0 Å². The van der Waals surface area contributed by atoms with E-state index in [1.807, 2.05) is 30.3 Å². The van der Waals surface area contributed by atoms with Gasteiger partial charge >= 0.3 is 0 Å². The molecule has 1 aliphatic rings. The zero-order chi connectivity index (χ0) is 15.2. The minimum Gasteiger partial charge on any atom is -0.493 e. The summed E-state index contributed by atoms with van der Waals surface area (Å²) in [5.74, 6) is 1.52. The Balaban J connectivity index is 1.66. The molecule has 2 aromatic rings. The molecule has 1 saturated heterocycles. The number of pyridine rings is 1. The first-order valence-electron chi connectivity index (χ1n) is 7.73. The Kier molecular flexibility index (Phi) is 4.91. The van der Waals surface area contributed by atoms with Crippen LogP contribution in [0.4, 0.5) is 0 Å². The molecule has 1 aromatic heterocycles. The average Bonchev–Trinajstić information content (AvgIpc) is 3.09. The highest BCUT2D eigenvalue weighted by atomic mass is 16.5. The van der Waals surface area contributed by atoms with Crippen molar-refractivity contribution in [2.24, 2.45) is 0 Å². The predicted molar refractivity (Wildman–Crippen MR) is 86.2 cm³/mol. The molecule has 0 amide bonds. The Labute approximate surface area is 131 Å². The summed E-state index contributed by atoms with van der Waals surface area (Å²) >= 11 is 0. The van der Waals surface area contributed by atoms with Crippen molar-refractivity contribution in [1.29, 1.82) is 0 Å². The number of rotatable bonds is 6. The second-order valence-electron chi connectivity index (χ2n) is 5.41. The van der Waals surface area contributed by atoms with Gasteiger partial charge in [-0.1, -0.05) is 6.07 Å². The van der Waals surface area contributed by atoms with Crippen molar-refractivity contribution < 1.29 is 9.47 Å². The maximum absolute atomic E-state index is 5.89. The highest BCUT2D eigenvalue weighted by molar-refractivity contribution is 5.63. The summed E-state index contributed by atoms with van der Waals surface area (Å²) in [6, 6.07) is 11.6. The molecule has 0 N–H and O–H groups in total. The van der Waals surface area contributed by atoms with E-state index in [0.29, 0.717) is 6.61 Å². The van der Waals surface area contributed by atoms with Crippen molar-refractivity contribution in [3.05, 3.63) is 42.6 Å². The number of likely N-dealkylation sites (tertiary alicyclic amines) is 1. The van der Waals surface area contributed by atoms with Gasteiger partial charge in [0.2, 0.25) is 0 Å². The van der Waals surface area contributed by atoms with Crippen LogP contribution in [-0.4, -0.2) is 43.2 Å². The zero-order valence-electron chi connectivity index (χ0n) is 12.9. The van der Waals surface area contributed by atoms with Gasteiger partial charge in [-0.3, -0.25) is 4.90 Å². The molecule has 0 spiro atoms. The molecule has 0 unspecified atom stereocenters. The van der Waals surface area contributed by atoms with Crippen LogP contribution in [-0.2, 0) is 0 Å². The molecule has 2 heterocycles. The number of nitrogens with zero attached hydrogens (tertiary/aromatic N) is 2. The lowest BCUT2D eigenvalue weighted by molar-refractivity contribution is 0.230. The van der Waals surface area contributed by atoms with Gasteiger partial charge < -0.3 is 9.47 Å². The number of methoxy groups -OCH3 is 1. The molecule has 4 heteroatoms. The van der Waals surface area contributed by atoms with Crippen LogP contribution in [0.15, 0.2) is 36.4 Å². The maximum atomic E-state index is 5.89. The highest BCUT2D eigenvalue weighted by Gasteiger charge is 2.12. The van der Waals surface area contributed by atoms with Crippen LogP contribution in [0, 0.1) is 6.20 Å². The molecule has 1 aromatic carbocycles. The third-order valence-corrected chi connectivity index (χ3v) is 3.93. The van der Waals surface area contributed by atoms with Crippen molar-refractivity contribution in [3.8, 4) is 22.8 Å². The first-order chi connectivity index (χ1) is 10.9. The van der Waals surface area contributed by atoms with Crippen molar-refractivity contribution in [3.63, 3.8) is 0 Å². The third-order valence-electron chi connectivity index (χ3n) is 3.93. The Morgan fingerprint density at radius 3 is 2.77 bits per heavy atom. The molecule has 3 rings (SSSR count). The molecule has 0 atom stereocenters. The summed E-state index contributed by atoms with van der Waals surface area (Å²) in [6.07, 6.45) is 5.46. The van der Waals surface area contributed by atoms with Gasteiger partial charge in [0.15, 0.2) is 11.5 Å². The molecule has 1 aliphatic heterocycles. The normalized spacial score (nSPS) is 15.0. The number of aromatic nitrogens is 1. The van der Waals surface area contributed by atoms with E-state index in [-0.39, 0.29) is 0 Å². The Hall–Kier alpha value is -2.07. The Morgan fingerprint density at radius 1 is 1.18 bits per heavy atom. The number of ether oxygens (including phenoxy) is 2. The number of hydrogen-bond acceptors (Lipinski definition) is 4. The zero-order valence-corrected chi connectivity index (χ0v) is 12.9. The van der Waals surface area contributed by atoms with Crippen LogP contribution in [0.1, 0.15) is 12.8 Å². The van der Waals surface area contributed by atoms with Crippen molar-refractivity contribution >= 4 is 0 Å². The van der Waals surface area contributed by atoms with Gasteiger partial charge in [0.05, 0.1) is 19.0 Å². The van der Waals surface area contributed by atoms with Crippen LogP contribution in [0.5, 0.6) is 11.5 Å². The summed E-state index contributed by atoms with van der Waals surface area (Å²) in [6.45, 7) is 4.04. The highest BCUT2D eigenvalue weighted by Crippen LogP contribution is 2.31. The third kappa shape index (κ3) is 3.57. The predicted octanol–water partition coefficient (Wildman–Crippen LogP) is 3.03. The molecule has 0 bridgehead atoms. The van der Waals surface area contributed by atoms with E-state index in [0.717, 1.165) is 29.3 Å². The summed E-state index contributed by atoms with van der Waals surface area (Å²) in [7, 11) is 1.66. The summed E-state index contributed by atoms with van der Waals surface area (Å²) in [5.41, 5.74) is 1.88. The second-order valence-corrected chi connectivity index (χ2v) is 5.41. The van der Waals surface area contributed by atoms with Gasteiger partial charge in [0.25, 0.3) is 0 Å². The van der Waals surface area contributed by atoms with Gasteiger partial charge in [-0.25, -0.2) is 4.98 Å². The fourth-order valence-electron chi connectivity index (χ4n) is 2.72. The van der Waals surface area contributed by atoms with Crippen LogP contribution in [0.25, 0.3) is 11.3 Å². The summed E-state index contributed by atoms with van der Waals surface area (Å²) in [4.78, 5) is 6.68. The molecule has 115 valence electrons. The largest absolute Gasteiger partial charge is 0.493 e. The van der Waals surface area contributed by atoms with Crippen LogP contribution in [0.3, 0.4) is 0 Å². The molecule has 22 heavy (non-hydrogen) atoms. The summed E-state index contributed by atoms with van der Waals surface area (Å²) in [5, 5.41) is 0. The van der Waals surface area contributed by atoms with Crippen LogP contribution < -0.4 is 9.47 Å². The lowest BCUT2D eigenvalue weighted by Gasteiger charge is -2.16. The number of hydrogen-bond donors (Lipinski definition) is 0. The van der Waals surface area contributed by atoms with E-state index < -0.39 is 0 Å². The first-order valence-corrected chi connectivity index (χ1v) is 7.73. The topological polar surface area (TPSA) is 34.6 Å². The monoisotopic (exact) mass is 297 g/mol. The van der Waals surface area contributed by atoms with Crippen molar-refractivity contribution in [1.82, 2.24) is 9.88 Å². The smallest absolute Gasteiger partial charge is 0.161 e. The SMILES string of the molecule is COc1cc(-c2ccc[c]n2)ccc1OCCN1CCCC1. The Morgan fingerprint density at radius 2 is 2.05 bits per heavy atom. The second kappa shape index (κ2) is 7.27. The molecule has 1 fully saturated rings. The van der Waals surface area contributed by atoms with E-state index in [1.165, 1.54) is 25.9 Å². The molecule has 4 nitrogen and oxygen atoms in total.